The Hall–Kier alpha value is -4.07. The molecular weight excluding hydrogens is 506 g/mol. The third kappa shape index (κ3) is 7.11. The maximum atomic E-state index is 14.1. The first kappa shape index (κ1) is 30.5. The van der Waals surface area contributed by atoms with Crippen molar-refractivity contribution in [2.75, 3.05) is 5.32 Å². The van der Waals surface area contributed by atoms with Crippen LogP contribution >= 0.6 is 0 Å². The Labute approximate surface area is 236 Å². The monoisotopic (exact) mass is 547 g/mol. The molecule has 3 aromatic carbocycles. The quantitative estimate of drug-likeness (QED) is 0.300. The minimum atomic E-state index is -1.20. The summed E-state index contributed by atoms with van der Waals surface area (Å²) in [5.41, 5.74) is -0.157. The first-order valence-corrected chi connectivity index (χ1v) is 13.6. The van der Waals surface area contributed by atoms with Gasteiger partial charge in [0.25, 0.3) is 5.91 Å². The van der Waals surface area contributed by atoms with Gasteiger partial charge in [-0.05, 0) is 83.4 Å². The molecule has 8 nitrogen and oxygen atoms in total. The van der Waals surface area contributed by atoms with Gasteiger partial charge in [0.05, 0.1) is 0 Å². The average Bonchev–Trinajstić information content (AvgIpc) is 2.87. The maximum absolute atomic E-state index is 14.1. The number of phenolic OH excluding ortho intramolecular Hbond substituents is 1. The molecule has 0 heterocycles. The summed E-state index contributed by atoms with van der Waals surface area (Å²) < 4.78 is 5.35. The molecule has 3 aromatic rings. The standard InChI is InChI=1S/C32H41N3O5/c1-9-32(7,8)35(29(38)21(3)33-30(39)40-31(4,5)6)26(25-16-12-13-20(2)27(25)36)28(37)34-24-18-17-22-14-10-11-15-23(22)19-24/h10-19,21,26,36H,9H2,1-8H3,(H,33,39)(H,34,37). The number of amides is 3. The summed E-state index contributed by atoms with van der Waals surface area (Å²) in [6, 6.07) is 16.3. The second-order valence-corrected chi connectivity index (χ2v) is 11.7. The first-order chi connectivity index (χ1) is 18.6. The molecule has 0 radical (unpaired) electrons. The second-order valence-electron chi connectivity index (χ2n) is 11.7. The topological polar surface area (TPSA) is 108 Å². The van der Waals surface area contributed by atoms with Gasteiger partial charge in [0.2, 0.25) is 5.91 Å². The molecule has 0 aliphatic heterocycles. The number of alkyl carbamates (subject to hydrolysis) is 1. The first-order valence-electron chi connectivity index (χ1n) is 13.6. The normalized spacial score (nSPS) is 13.3. The van der Waals surface area contributed by atoms with Crippen molar-refractivity contribution < 1.29 is 24.2 Å². The zero-order chi connectivity index (χ0) is 29.8. The number of nitrogens with one attached hydrogen (secondary N) is 2. The van der Waals surface area contributed by atoms with Gasteiger partial charge >= 0.3 is 6.09 Å². The lowest BCUT2D eigenvalue weighted by Crippen LogP contribution is -2.58. The number of anilines is 1. The molecule has 2 unspecified atom stereocenters. The highest BCUT2D eigenvalue weighted by atomic mass is 16.6. The molecule has 0 aliphatic carbocycles. The zero-order valence-corrected chi connectivity index (χ0v) is 24.7. The predicted octanol–water partition coefficient (Wildman–Crippen LogP) is 6.46. The largest absolute Gasteiger partial charge is 0.507 e. The summed E-state index contributed by atoms with van der Waals surface area (Å²) in [6.07, 6.45) is -0.234. The lowest BCUT2D eigenvalue weighted by molar-refractivity contribution is -0.147. The minimum Gasteiger partial charge on any atom is -0.507 e. The van der Waals surface area contributed by atoms with E-state index in [4.69, 9.17) is 4.74 Å². The van der Waals surface area contributed by atoms with E-state index < -0.39 is 41.1 Å². The number of benzene rings is 3. The van der Waals surface area contributed by atoms with Gasteiger partial charge in [-0.3, -0.25) is 9.59 Å². The molecule has 0 spiro atoms. The molecule has 0 aliphatic rings. The van der Waals surface area contributed by atoms with Gasteiger partial charge in [-0.1, -0.05) is 55.5 Å². The molecule has 3 amide bonds. The van der Waals surface area contributed by atoms with Crippen LogP contribution in [0.3, 0.4) is 0 Å². The average molecular weight is 548 g/mol. The summed E-state index contributed by atoms with van der Waals surface area (Å²) in [5, 5.41) is 18.6. The SMILES string of the molecule is CCC(C)(C)N(C(=O)C(C)NC(=O)OC(C)(C)C)C(C(=O)Nc1ccc2ccccc2c1)c1cccc(C)c1O. The van der Waals surface area contributed by atoms with Crippen LogP contribution in [0.15, 0.2) is 60.7 Å². The van der Waals surface area contributed by atoms with Crippen molar-refractivity contribution in [1.82, 2.24) is 10.2 Å². The molecule has 214 valence electrons. The molecule has 0 saturated heterocycles. The van der Waals surface area contributed by atoms with Crippen LogP contribution in [0.1, 0.15) is 72.1 Å². The number of para-hydroxylation sites is 1. The highest BCUT2D eigenvalue weighted by Gasteiger charge is 2.43. The van der Waals surface area contributed by atoms with Crippen LogP contribution in [0, 0.1) is 6.92 Å². The molecule has 0 bridgehead atoms. The van der Waals surface area contributed by atoms with Crippen LogP contribution in [0.5, 0.6) is 5.75 Å². The number of ether oxygens (including phenoxy) is 1. The number of carbonyl (C=O) groups is 3. The molecule has 2 atom stereocenters. The Kier molecular flexibility index (Phi) is 9.13. The van der Waals surface area contributed by atoms with Crippen molar-refractivity contribution in [2.24, 2.45) is 0 Å². The van der Waals surface area contributed by atoms with Crippen molar-refractivity contribution >= 4 is 34.4 Å². The van der Waals surface area contributed by atoms with E-state index in [1.165, 1.54) is 4.90 Å². The van der Waals surface area contributed by atoms with Gasteiger partial charge in [-0.25, -0.2) is 4.79 Å². The molecule has 8 heteroatoms. The van der Waals surface area contributed by atoms with Gasteiger partial charge in [0.1, 0.15) is 23.4 Å². The van der Waals surface area contributed by atoms with Crippen molar-refractivity contribution in [3.8, 4) is 5.75 Å². The number of hydrogen-bond donors (Lipinski definition) is 3. The molecule has 0 aromatic heterocycles. The summed E-state index contributed by atoms with van der Waals surface area (Å²) in [6.45, 7) is 14.1. The lowest BCUT2D eigenvalue weighted by atomic mass is 9.91. The fraction of sp³-hybridized carbons (Fsp3) is 0.406. The van der Waals surface area contributed by atoms with E-state index in [0.717, 1.165) is 10.8 Å². The number of hydrogen-bond acceptors (Lipinski definition) is 5. The zero-order valence-electron chi connectivity index (χ0n) is 24.7. The molecule has 40 heavy (non-hydrogen) atoms. The van der Waals surface area contributed by atoms with Gasteiger partial charge in [0.15, 0.2) is 0 Å². The van der Waals surface area contributed by atoms with Gasteiger partial charge in [-0.2, -0.15) is 0 Å². The van der Waals surface area contributed by atoms with E-state index in [-0.39, 0.29) is 11.3 Å². The van der Waals surface area contributed by atoms with Gasteiger partial charge in [0, 0.05) is 16.8 Å². The molecule has 3 rings (SSSR count). The fourth-order valence-electron chi connectivity index (χ4n) is 4.48. The van der Waals surface area contributed by atoms with Crippen LogP contribution in [-0.4, -0.2) is 45.1 Å². The van der Waals surface area contributed by atoms with E-state index in [2.05, 4.69) is 10.6 Å². The predicted molar refractivity (Wildman–Crippen MR) is 158 cm³/mol. The van der Waals surface area contributed by atoms with E-state index >= 15 is 0 Å². The Bertz CT molecular complexity index is 1390. The van der Waals surface area contributed by atoms with Gasteiger partial charge < -0.3 is 25.4 Å². The van der Waals surface area contributed by atoms with Crippen molar-refractivity contribution in [3.63, 3.8) is 0 Å². The third-order valence-electron chi connectivity index (χ3n) is 6.95. The van der Waals surface area contributed by atoms with Crippen LogP contribution in [-0.2, 0) is 14.3 Å². The molecule has 3 N–H and O–H groups in total. The van der Waals surface area contributed by atoms with Crippen molar-refractivity contribution in [2.45, 2.75) is 85.0 Å². The van der Waals surface area contributed by atoms with Crippen LogP contribution < -0.4 is 10.6 Å². The summed E-state index contributed by atoms with van der Waals surface area (Å²) in [4.78, 5) is 42.2. The van der Waals surface area contributed by atoms with Crippen molar-refractivity contribution in [1.29, 1.82) is 0 Å². The number of nitrogens with zero attached hydrogens (tertiary/aromatic N) is 1. The maximum Gasteiger partial charge on any atom is 0.408 e. The third-order valence-corrected chi connectivity index (χ3v) is 6.95. The molecular formula is C32H41N3O5. The number of rotatable bonds is 8. The van der Waals surface area contributed by atoms with Crippen LogP contribution in [0.2, 0.25) is 0 Å². The Morgan fingerprint density at radius 2 is 1.60 bits per heavy atom. The minimum absolute atomic E-state index is 0.0707. The lowest BCUT2D eigenvalue weighted by Gasteiger charge is -2.44. The number of phenols is 1. The van der Waals surface area contributed by atoms with E-state index in [9.17, 15) is 19.5 Å². The van der Waals surface area contributed by atoms with Crippen LogP contribution in [0.25, 0.3) is 10.8 Å². The highest BCUT2D eigenvalue weighted by molar-refractivity contribution is 6.01. The molecule has 0 fully saturated rings. The Morgan fingerprint density at radius 3 is 2.23 bits per heavy atom. The summed E-state index contributed by atoms with van der Waals surface area (Å²) in [7, 11) is 0. The Balaban J connectivity index is 2.08. The van der Waals surface area contributed by atoms with Gasteiger partial charge in [-0.15, -0.1) is 0 Å². The van der Waals surface area contributed by atoms with Crippen molar-refractivity contribution in [3.05, 3.63) is 71.8 Å². The number of aryl methyl sites for hydroxylation is 1. The summed E-state index contributed by atoms with van der Waals surface area (Å²) >= 11 is 0. The van der Waals surface area contributed by atoms with Crippen LogP contribution in [0.4, 0.5) is 10.5 Å². The van der Waals surface area contributed by atoms with E-state index in [1.54, 1.807) is 58.9 Å². The number of fused-ring (bicyclic) bond motifs is 1. The fourth-order valence-corrected chi connectivity index (χ4v) is 4.48. The number of carbonyl (C=O) groups excluding carboxylic acids is 3. The van der Waals surface area contributed by atoms with E-state index in [0.29, 0.717) is 17.7 Å². The summed E-state index contributed by atoms with van der Waals surface area (Å²) in [5.74, 6) is -1.05. The molecule has 0 saturated carbocycles. The smallest absolute Gasteiger partial charge is 0.408 e. The number of aromatic hydroxyl groups is 1. The van der Waals surface area contributed by atoms with E-state index in [1.807, 2.05) is 57.2 Å². The highest BCUT2D eigenvalue weighted by Crippen LogP contribution is 2.38. The second kappa shape index (κ2) is 12.0. The Morgan fingerprint density at radius 1 is 0.950 bits per heavy atom.